The quantitative estimate of drug-likeness (QED) is 0.193. The van der Waals surface area contributed by atoms with E-state index in [9.17, 15) is 4.39 Å². The molecule has 48 heavy (non-hydrogen) atoms. The Morgan fingerprint density at radius 2 is 1.71 bits per heavy atom. The molecule has 0 aliphatic carbocycles. The van der Waals surface area contributed by atoms with Crippen molar-refractivity contribution in [3.05, 3.63) is 84.7 Å². The molecule has 0 spiro atoms. The Morgan fingerprint density at radius 1 is 0.958 bits per heavy atom. The molecule has 0 saturated carbocycles. The summed E-state index contributed by atoms with van der Waals surface area (Å²) in [5.41, 5.74) is 11.4. The molecule has 6 rings (SSSR count). The van der Waals surface area contributed by atoms with Gasteiger partial charge < -0.3 is 30.9 Å². The molecule has 0 unspecified atom stereocenters. The van der Waals surface area contributed by atoms with E-state index < -0.39 is 0 Å². The number of likely N-dealkylation sites (N-methyl/N-ethyl adjacent to an activating group) is 1. The number of halogens is 1. The molecule has 4 heterocycles. The predicted octanol–water partition coefficient (Wildman–Crippen LogP) is 5.39. The van der Waals surface area contributed by atoms with Gasteiger partial charge in [0.25, 0.3) is 0 Å². The number of ether oxygens (including phenoxy) is 1. The van der Waals surface area contributed by atoms with Gasteiger partial charge in [0.05, 0.1) is 18.5 Å². The van der Waals surface area contributed by atoms with Gasteiger partial charge in [-0.2, -0.15) is 0 Å². The number of nitrogens with two attached hydrogens (primary N) is 1. The third-order valence-electron chi connectivity index (χ3n) is 9.05. The van der Waals surface area contributed by atoms with Crippen molar-refractivity contribution in [1.82, 2.24) is 24.8 Å². The molecule has 0 bridgehead atoms. The Hall–Kier alpha value is -5.07. The summed E-state index contributed by atoms with van der Waals surface area (Å²) in [6.07, 6.45) is 8.69. The van der Waals surface area contributed by atoms with Crippen LogP contribution in [0, 0.1) is 5.82 Å². The molecule has 0 atom stereocenters. The van der Waals surface area contributed by atoms with Crippen molar-refractivity contribution < 1.29 is 9.13 Å². The number of piperazine rings is 1. The van der Waals surface area contributed by atoms with Crippen LogP contribution in [0.15, 0.2) is 78.3 Å². The van der Waals surface area contributed by atoms with Crippen LogP contribution in [0.4, 0.5) is 33.1 Å². The highest BCUT2D eigenvalue weighted by atomic mass is 19.1. The van der Waals surface area contributed by atoms with Gasteiger partial charge in [0.15, 0.2) is 0 Å². The highest BCUT2D eigenvalue weighted by Gasteiger charge is 2.28. The van der Waals surface area contributed by atoms with Crippen LogP contribution in [0.25, 0.3) is 16.8 Å². The minimum absolute atomic E-state index is 0.331. The normalized spacial score (nSPS) is 16.8. The zero-order valence-corrected chi connectivity index (χ0v) is 27.7. The number of pyridine rings is 1. The molecular weight excluding hydrogens is 607 g/mol. The maximum Gasteiger partial charge on any atom is 0.144 e. The Bertz CT molecular complexity index is 1760. The Morgan fingerprint density at radius 3 is 2.42 bits per heavy atom. The van der Waals surface area contributed by atoms with Gasteiger partial charge in [0, 0.05) is 111 Å². The number of nitrogens with one attached hydrogen (secondary N) is 2. The summed E-state index contributed by atoms with van der Waals surface area (Å²) >= 11 is 0. The summed E-state index contributed by atoms with van der Waals surface area (Å²) in [5, 5.41) is 6.70. The van der Waals surface area contributed by atoms with Gasteiger partial charge in [-0.05, 0) is 50.2 Å². The van der Waals surface area contributed by atoms with E-state index in [0.29, 0.717) is 40.4 Å². The summed E-state index contributed by atoms with van der Waals surface area (Å²) in [4.78, 5) is 25.0. The number of benzene rings is 2. The van der Waals surface area contributed by atoms with Crippen LogP contribution in [0.5, 0.6) is 5.75 Å². The van der Waals surface area contributed by atoms with Crippen LogP contribution in [0.3, 0.4) is 0 Å². The maximum atomic E-state index is 14.4. The first-order chi connectivity index (χ1) is 23.4. The second-order valence-corrected chi connectivity index (χ2v) is 12.1. The van der Waals surface area contributed by atoms with E-state index in [0.717, 1.165) is 74.6 Å². The topological polar surface area (TPSA) is 120 Å². The Labute approximate surface area is 281 Å². The van der Waals surface area contributed by atoms with E-state index in [1.165, 1.54) is 12.4 Å². The van der Waals surface area contributed by atoms with Crippen molar-refractivity contribution in [2.75, 3.05) is 76.0 Å². The molecular formula is C36H43FN10O. The van der Waals surface area contributed by atoms with Crippen molar-refractivity contribution in [3.63, 3.8) is 0 Å². The number of anilines is 5. The number of nitrogens with zero attached hydrogens (tertiary/aromatic N) is 7. The maximum absolute atomic E-state index is 14.4. The second kappa shape index (κ2) is 15.2. The number of allylic oxidation sites excluding steroid dienone is 1. The molecule has 0 radical (unpaired) electrons. The molecule has 0 amide bonds. The fraction of sp³-hybridized carbons (Fsp3) is 0.333. The summed E-state index contributed by atoms with van der Waals surface area (Å²) in [5.74, 6) is 1.46. The molecule has 4 aromatic rings. The van der Waals surface area contributed by atoms with Gasteiger partial charge in [-0.1, -0.05) is 12.1 Å². The fourth-order valence-corrected chi connectivity index (χ4v) is 6.43. The van der Waals surface area contributed by atoms with E-state index in [2.05, 4.69) is 58.4 Å². The highest BCUT2D eigenvalue weighted by molar-refractivity contribution is 6.12. The van der Waals surface area contributed by atoms with Gasteiger partial charge in [-0.3, -0.25) is 14.9 Å². The molecule has 2 fully saturated rings. The van der Waals surface area contributed by atoms with E-state index >= 15 is 0 Å². The van der Waals surface area contributed by atoms with Gasteiger partial charge in [-0.15, -0.1) is 0 Å². The average molecular weight is 651 g/mol. The van der Waals surface area contributed by atoms with Crippen molar-refractivity contribution in [2.24, 2.45) is 10.7 Å². The van der Waals surface area contributed by atoms with E-state index in [1.807, 2.05) is 6.07 Å². The van der Waals surface area contributed by atoms with Gasteiger partial charge in [0.2, 0.25) is 0 Å². The number of aliphatic imine (C=N–C) groups is 1. The zero-order valence-electron chi connectivity index (χ0n) is 27.7. The number of hydrogen-bond acceptors (Lipinski definition) is 11. The lowest BCUT2D eigenvalue weighted by atomic mass is 9.98. The summed E-state index contributed by atoms with van der Waals surface area (Å²) in [7, 11) is 5.61. The van der Waals surface area contributed by atoms with Gasteiger partial charge in [0.1, 0.15) is 29.5 Å². The lowest BCUT2D eigenvalue weighted by Crippen LogP contribution is -2.52. The first-order valence-corrected chi connectivity index (χ1v) is 16.3. The Kier molecular flexibility index (Phi) is 10.4. The molecule has 2 aliphatic rings. The van der Waals surface area contributed by atoms with Crippen molar-refractivity contribution >= 4 is 40.5 Å². The third-order valence-corrected chi connectivity index (χ3v) is 9.05. The zero-order chi connectivity index (χ0) is 33.5. The third kappa shape index (κ3) is 7.56. The minimum Gasteiger partial charge on any atom is -0.494 e. The standard InChI is InChI=1S/C36H43FN10O/c1-39-23-25(22-38)29-19-32(34(48-3)20-33(29)47-12-9-27(10-13-47)46-16-14-45(2)15-17-46)44-36-21-35(41-24-42-36)43-26-8-11-40-31(18-26)28-6-4-5-7-30(28)37/h4-8,11,18-24,27H,9-10,12-17,38H2,1-3H3,(H2,40,41,42,43,44). The van der Waals surface area contributed by atoms with Crippen molar-refractivity contribution in [1.29, 1.82) is 0 Å². The van der Waals surface area contributed by atoms with E-state index in [-0.39, 0.29) is 5.82 Å². The Balaban J connectivity index is 1.23. The molecule has 2 saturated heterocycles. The van der Waals surface area contributed by atoms with Crippen molar-refractivity contribution in [2.45, 2.75) is 18.9 Å². The molecule has 2 aromatic carbocycles. The van der Waals surface area contributed by atoms with Crippen LogP contribution in [-0.2, 0) is 0 Å². The molecule has 4 N–H and O–H groups in total. The number of hydrogen-bond donors (Lipinski definition) is 3. The first kappa shape index (κ1) is 32.9. The summed E-state index contributed by atoms with van der Waals surface area (Å²) in [6.45, 7) is 6.39. The minimum atomic E-state index is -0.331. The largest absolute Gasteiger partial charge is 0.494 e. The number of methoxy groups -OCH3 is 1. The van der Waals surface area contributed by atoms with Crippen LogP contribution in [0.1, 0.15) is 18.4 Å². The van der Waals surface area contributed by atoms with Crippen molar-refractivity contribution in [3.8, 4) is 17.0 Å². The smallest absolute Gasteiger partial charge is 0.144 e. The molecule has 2 aliphatic heterocycles. The van der Waals surface area contributed by atoms with E-state index in [1.54, 1.807) is 69.2 Å². The van der Waals surface area contributed by atoms with Gasteiger partial charge >= 0.3 is 0 Å². The number of piperidine rings is 1. The summed E-state index contributed by atoms with van der Waals surface area (Å²) < 4.78 is 20.3. The average Bonchev–Trinajstić information content (AvgIpc) is 3.11. The highest BCUT2D eigenvalue weighted by Crippen LogP contribution is 2.39. The second-order valence-electron chi connectivity index (χ2n) is 12.1. The van der Waals surface area contributed by atoms with E-state index in [4.69, 9.17) is 10.5 Å². The lowest BCUT2D eigenvalue weighted by Gasteiger charge is -2.43. The number of aromatic nitrogens is 3. The van der Waals surface area contributed by atoms with Gasteiger partial charge in [-0.25, -0.2) is 14.4 Å². The molecule has 250 valence electrons. The van der Waals surface area contributed by atoms with Crippen LogP contribution in [-0.4, -0.2) is 97.5 Å². The fourth-order valence-electron chi connectivity index (χ4n) is 6.43. The predicted molar refractivity (Wildman–Crippen MR) is 192 cm³/mol. The van der Waals surface area contributed by atoms with Crippen LogP contribution >= 0.6 is 0 Å². The van der Waals surface area contributed by atoms with Crippen LogP contribution < -0.4 is 26.0 Å². The molecule has 11 nitrogen and oxygen atoms in total. The first-order valence-electron chi connectivity index (χ1n) is 16.3. The summed E-state index contributed by atoms with van der Waals surface area (Å²) in [6, 6.07) is 16.7. The number of rotatable bonds is 10. The van der Waals surface area contributed by atoms with Crippen LogP contribution in [0.2, 0.25) is 0 Å². The SMILES string of the molecule is CN=CC(=CN)c1cc(Nc2cc(Nc3ccnc(-c4ccccc4F)c3)ncn2)c(OC)cc1N1CCC(N2CCN(C)CC2)CC1. The monoisotopic (exact) mass is 650 g/mol. The molecule has 2 aromatic heterocycles. The lowest BCUT2D eigenvalue weighted by molar-refractivity contribution is 0.0982. The molecule has 12 heteroatoms.